The molecule has 1 fully saturated rings. The highest BCUT2D eigenvalue weighted by molar-refractivity contribution is 5.47. The quantitative estimate of drug-likeness (QED) is 0.919. The number of nitrogens with zero attached hydrogens (tertiary/aromatic N) is 1. The van der Waals surface area contributed by atoms with Crippen molar-refractivity contribution in [3.8, 4) is 0 Å². The van der Waals surface area contributed by atoms with Gasteiger partial charge in [0.25, 0.3) is 0 Å². The average Bonchev–Trinajstić information content (AvgIpc) is 2.58. The number of halogens is 1. The van der Waals surface area contributed by atoms with Crippen LogP contribution < -0.4 is 10.2 Å². The van der Waals surface area contributed by atoms with Crippen molar-refractivity contribution in [1.82, 2.24) is 5.32 Å². The third kappa shape index (κ3) is 3.84. The van der Waals surface area contributed by atoms with E-state index in [1.807, 2.05) is 12.1 Å². The Bertz CT molecular complexity index is 594. The van der Waals surface area contributed by atoms with Crippen molar-refractivity contribution in [2.45, 2.75) is 13.1 Å². The topological polar surface area (TPSA) is 24.5 Å². The van der Waals surface area contributed by atoms with E-state index in [0.717, 1.165) is 32.8 Å². The lowest BCUT2D eigenvalue weighted by Gasteiger charge is -2.28. The smallest absolute Gasteiger partial charge is 0.127 e. The lowest BCUT2D eigenvalue weighted by atomic mass is 10.1. The van der Waals surface area contributed by atoms with E-state index < -0.39 is 0 Å². The van der Waals surface area contributed by atoms with Gasteiger partial charge in [-0.15, -0.1) is 0 Å². The summed E-state index contributed by atoms with van der Waals surface area (Å²) in [6, 6.07) is 15.4. The number of ether oxygens (including phenoxy) is 1. The minimum Gasteiger partial charge on any atom is -0.378 e. The lowest BCUT2D eigenvalue weighted by Crippen LogP contribution is -2.36. The fraction of sp³-hybridized carbons (Fsp3) is 0.333. The maximum atomic E-state index is 13.5. The maximum Gasteiger partial charge on any atom is 0.127 e. The molecule has 1 N–H and O–H groups in total. The summed E-state index contributed by atoms with van der Waals surface area (Å²) in [6.07, 6.45) is 0. The Morgan fingerprint density at radius 3 is 2.41 bits per heavy atom. The molecule has 1 saturated heterocycles. The first-order valence-electron chi connectivity index (χ1n) is 7.69. The second-order valence-electron chi connectivity index (χ2n) is 5.46. The van der Waals surface area contributed by atoms with Crippen molar-refractivity contribution in [1.29, 1.82) is 0 Å². The number of morpholine rings is 1. The van der Waals surface area contributed by atoms with Gasteiger partial charge in [0, 0.05) is 37.4 Å². The molecular formula is C18H21FN2O. The molecule has 1 aliphatic rings. The van der Waals surface area contributed by atoms with Crippen LogP contribution in [0, 0.1) is 5.82 Å². The molecule has 3 nitrogen and oxygen atoms in total. The number of hydrogen-bond acceptors (Lipinski definition) is 3. The molecule has 0 atom stereocenters. The summed E-state index contributed by atoms with van der Waals surface area (Å²) in [7, 11) is 0. The number of hydrogen-bond donors (Lipinski definition) is 1. The molecule has 4 heteroatoms. The van der Waals surface area contributed by atoms with E-state index in [-0.39, 0.29) is 5.82 Å². The van der Waals surface area contributed by atoms with Gasteiger partial charge in [0.15, 0.2) is 0 Å². The first-order chi connectivity index (χ1) is 10.8. The molecule has 0 aromatic heterocycles. The lowest BCUT2D eigenvalue weighted by molar-refractivity contribution is 0.122. The first kappa shape index (κ1) is 15.0. The molecular weight excluding hydrogens is 279 g/mol. The van der Waals surface area contributed by atoms with E-state index >= 15 is 0 Å². The zero-order valence-electron chi connectivity index (χ0n) is 12.6. The Balaban J connectivity index is 1.52. The highest BCUT2D eigenvalue weighted by atomic mass is 19.1. The largest absolute Gasteiger partial charge is 0.378 e. The molecule has 1 heterocycles. The van der Waals surface area contributed by atoms with E-state index in [0.29, 0.717) is 12.1 Å². The highest BCUT2D eigenvalue weighted by Gasteiger charge is 2.10. The Labute approximate surface area is 130 Å². The minimum atomic E-state index is -0.155. The third-order valence-electron chi connectivity index (χ3n) is 3.91. The molecule has 2 aromatic rings. The summed E-state index contributed by atoms with van der Waals surface area (Å²) < 4.78 is 18.9. The molecule has 0 unspecified atom stereocenters. The van der Waals surface area contributed by atoms with E-state index in [9.17, 15) is 4.39 Å². The molecule has 0 spiro atoms. The van der Waals surface area contributed by atoms with Crippen LogP contribution in [0.3, 0.4) is 0 Å². The average molecular weight is 300 g/mol. The van der Waals surface area contributed by atoms with Crippen molar-refractivity contribution in [2.24, 2.45) is 0 Å². The van der Waals surface area contributed by atoms with Gasteiger partial charge < -0.3 is 15.0 Å². The molecule has 0 amide bonds. The SMILES string of the molecule is Fc1ccccc1CNCc1ccc(N2CCOCC2)cc1. The Kier molecular flexibility index (Phi) is 5.03. The van der Waals surface area contributed by atoms with Crippen molar-refractivity contribution < 1.29 is 9.13 Å². The van der Waals surface area contributed by atoms with Crippen LogP contribution in [0.2, 0.25) is 0 Å². The first-order valence-corrected chi connectivity index (χ1v) is 7.69. The van der Waals surface area contributed by atoms with Gasteiger partial charge in [-0.05, 0) is 23.8 Å². The summed E-state index contributed by atoms with van der Waals surface area (Å²) >= 11 is 0. The van der Waals surface area contributed by atoms with E-state index in [2.05, 4.69) is 34.5 Å². The summed E-state index contributed by atoms with van der Waals surface area (Å²) in [5, 5.41) is 3.28. The summed E-state index contributed by atoms with van der Waals surface area (Å²) in [5.74, 6) is -0.155. The monoisotopic (exact) mass is 300 g/mol. The van der Waals surface area contributed by atoms with Crippen LogP contribution in [0.15, 0.2) is 48.5 Å². The molecule has 22 heavy (non-hydrogen) atoms. The number of anilines is 1. The molecule has 0 radical (unpaired) electrons. The number of nitrogens with one attached hydrogen (secondary N) is 1. The van der Waals surface area contributed by atoms with Crippen LogP contribution in [0.25, 0.3) is 0 Å². The van der Waals surface area contributed by atoms with Crippen LogP contribution in [-0.2, 0) is 17.8 Å². The maximum absolute atomic E-state index is 13.5. The van der Waals surface area contributed by atoms with Gasteiger partial charge in [0.05, 0.1) is 13.2 Å². The van der Waals surface area contributed by atoms with E-state index in [1.165, 1.54) is 17.3 Å². The van der Waals surface area contributed by atoms with E-state index in [4.69, 9.17) is 4.74 Å². The van der Waals surface area contributed by atoms with Crippen molar-refractivity contribution in [3.63, 3.8) is 0 Å². The predicted octanol–water partition coefficient (Wildman–Crippen LogP) is 2.95. The van der Waals surface area contributed by atoms with Gasteiger partial charge in [-0.3, -0.25) is 0 Å². The Morgan fingerprint density at radius 1 is 0.955 bits per heavy atom. The Morgan fingerprint density at radius 2 is 1.68 bits per heavy atom. The van der Waals surface area contributed by atoms with Gasteiger partial charge in [-0.25, -0.2) is 4.39 Å². The standard InChI is InChI=1S/C18H21FN2O/c19-18-4-2-1-3-16(18)14-20-13-15-5-7-17(8-6-15)21-9-11-22-12-10-21/h1-8,20H,9-14H2. The molecule has 2 aromatic carbocycles. The van der Waals surface area contributed by atoms with Gasteiger partial charge in [0.1, 0.15) is 5.82 Å². The van der Waals surface area contributed by atoms with Gasteiger partial charge in [-0.2, -0.15) is 0 Å². The van der Waals surface area contributed by atoms with Crippen LogP contribution in [0.4, 0.5) is 10.1 Å². The molecule has 1 aliphatic heterocycles. The Hall–Kier alpha value is -1.91. The molecule has 116 valence electrons. The predicted molar refractivity (Wildman–Crippen MR) is 86.4 cm³/mol. The normalized spacial score (nSPS) is 15.0. The summed E-state index contributed by atoms with van der Waals surface area (Å²) in [5.41, 5.74) is 3.14. The fourth-order valence-electron chi connectivity index (χ4n) is 2.63. The van der Waals surface area contributed by atoms with Crippen molar-refractivity contribution >= 4 is 5.69 Å². The molecule has 0 bridgehead atoms. The fourth-order valence-corrected chi connectivity index (χ4v) is 2.63. The van der Waals surface area contributed by atoms with Gasteiger partial charge in [0.2, 0.25) is 0 Å². The van der Waals surface area contributed by atoms with Crippen LogP contribution in [0.5, 0.6) is 0 Å². The molecule has 0 aliphatic carbocycles. The van der Waals surface area contributed by atoms with Crippen molar-refractivity contribution in [3.05, 3.63) is 65.5 Å². The number of benzene rings is 2. The summed E-state index contributed by atoms with van der Waals surface area (Å²) in [6.45, 7) is 4.77. The second-order valence-corrected chi connectivity index (χ2v) is 5.46. The van der Waals surface area contributed by atoms with Crippen molar-refractivity contribution in [2.75, 3.05) is 31.2 Å². The van der Waals surface area contributed by atoms with Crippen LogP contribution in [-0.4, -0.2) is 26.3 Å². The zero-order chi connectivity index (χ0) is 15.2. The van der Waals surface area contributed by atoms with Gasteiger partial charge in [-0.1, -0.05) is 30.3 Å². The molecule has 0 saturated carbocycles. The highest BCUT2D eigenvalue weighted by Crippen LogP contribution is 2.16. The number of rotatable bonds is 5. The van der Waals surface area contributed by atoms with Gasteiger partial charge >= 0.3 is 0 Å². The second kappa shape index (κ2) is 7.38. The molecule has 3 rings (SSSR count). The third-order valence-corrected chi connectivity index (χ3v) is 3.91. The van der Waals surface area contributed by atoms with Crippen LogP contribution >= 0.6 is 0 Å². The zero-order valence-corrected chi connectivity index (χ0v) is 12.6. The van der Waals surface area contributed by atoms with Crippen LogP contribution in [0.1, 0.15) is 11.1 Å². The van der Waals surface area contributed by atoms with E-state index in [1.54, 1.807) is 6.07 Å². The minimum absolute atomic E-state index is 0.155. The summed E-state index contributed by atoms with van der Waals surface area (Å²) in [4.78, 5) is 2.33.